The molecule has 0 saturated heterocycles. The SMILES string of the molecule is CC#CCCNS(=O)(=O)c1ccc(CNCCOC)o1. The van der Waals surface area contributed by atoms with Crippen molar-refractivity contribution in [3.63, 3.8) is 0 Å². The Balaban J connectivity index is 2.49. The lowest BCUT2D eigenvalue weighted by atomic mass is 10.4. The topological polar surface area (TPSA) is 80.6 Å². The zero-order valence-corrected chi connectivity index (χ0v) is 12.5. The van der Waals surface area contributed by atoms with Crippen LogP contribution in [0.25, 0.3) is 0 Å². The van der Waals surface area contributed by atoms with E-state index in [4.69, 9.17) is 9.15 Å². The van der Waals surface area contributed by atoms with E-state index >= 15 is 0 Å². The van der Waals surface area contributed by atoms with Gasteiger partial charge in [0.05, 0.1) is 13.2 Å². The Morgan fingerprint density at radius 1 is 1.35 bits per heavy atom. The molecule has 1 rings (SSSR count). The minimum absolute atomic E-state index is 0.0782. The van der Waals surface area contributed by atoms with Gasteiger partial charge < -0.3 is 14.5 Å². The van der Waals surface area contributed by atoms with Crippen molar-refractivity contribution in [2.45, 2.75) is 25.0 Å². The molecule has 0 spiro atoms. The van der Waals surface area contributed by atoms with Crippen LogP contribution in [0.4, 0.5) is 0 Å². The molecule has 0 aliphatic heterocycles. The Kier molecular flexibility index (Phi) is 7.33. The number of rotatable bonds is 9. The third kappa shape index (κ3) is 5.75. The van der Waals surface area contributed by atoms with Gasteiger partial charge in [-0.1, -0.05) is 0 Å². The molecule has 20 heavy (non-hydrogen) atoms. The third-order valence-corrected chi connectivity index (χ3v) is 3.74. The highest BCUT2D eigenvalue weighted by Crippen LogP contribution is 2.13. The highest BCUT2D eigenvalue weighted by molar-refractivity contribution is 7.89. The van der Waals surface area contributed by atoms with Crippen LogP contribution in [0.15, 0.2) is 21.6 Å². The first-order valence-electron chi connectivity index (χ1n) is 6.28. The van der Waals surface area contributed by atoms with E-state index in [1.165, 1.54) is 6.07 Å². The summed E-state index contributed by atoms with van der Waals surface area (Å²) in [5.74, 6) is 6.06. The second kappa shape index (κ2) is 8.76. The first-order valence-corrected chi connectivity index (χ1v) is 7.76. The van der Waals surface area contributed by atoms with Crippen LogP contribution in [0.2, 0.25) is 0 Å². The second-order valence-electron chi connectivity index (χ2n) is 3.96. The van der Waals surface area contributed by atoms with Gasteiger partial charge in [-0.25, -0.2) is 13.1 Å². The molecule has 7 heteroatoms. The summed E-state index contributed by atoms with van der Waals surface area (Å²) in [7, 11) is -1.97. The van der Waals surface area contributed by atoms with Gasteiger partial charge in [0.2, 0.25) is 5.09 Å². The van der Waals surface area contributed by atoms with Crippen molar-refractivity contribution in [1.29, 1.82) is 0 Å². The standard InChI is InChI=1S/C13H20N2O4S/c1-3-4-5-8-15-20(16,17)13-7-6-12(19-13)11-14-9-10-18-2/h6-7,14-15H,5,8-11H2,1-2H3. The Hall–Kier alpha value is -1.33. The largest absolute Gasteiger partial charge is 0.447 e. The average Bonchev–Trinajstić information content (AvgIpc) is 2.89. The van der Waals surface area contributed by atoms with Crippen LogP contribution in [-0.4, -0.2) is 35.2 Å². The van der Waals surface area contributed by atoms with Crippen molar-refractivity contribution >= 4 is 10.0 Å². The number of hydrogen-bond acceptors (Lipinski definition) is 5. The number of hydrogen-bond donors (Lipinski definition) is 2. The summed E-state index contributed by atoms with van der Waals surface area (Å²) in [6, 6.07) is 3.08. The fraction of sp³-hybridized carbons (Fsp3) is 0.538. The van der Waals surface area contributed by atoms with Gasteiger partial charge in [-0.15, -0.1) is 11.8 Å². The van der Waals surface area contributed by atoms with E-state index in [0.717, 1.165) is 0 Å². The summed E-state index contributed by atoms with van der Waals surface area (Å²) in [4.78, 5) is 0. The molecule has 1 aromatic heterocycles. The monoisotopic (exact) mass is 300 g/mol. The maximum Gasteiger partial charge on any atom is 0.273 e. The van der Waals surface area contributed by atoms with Crippen LogP contribution >= 0.6 is 0 Å². The minimum atomic E-state index is -3.59. The maximum atomic E-state index is 11.9. The molecule has 0 unspecified atom stereocenters. The predicted octanol–water partition coefficient (Wildman–Crippen LogP) is 0.707. The first-order chi connectivity index (χ1) is 9.60. The van der Waals surface area contributed by atoms with Crippen molar-refractivity contribution in [3.05, 3.63) is 17.9 Å². The van der Waals surface area contributed by atoms with Crippen LogP contribution in [-0.2, 0) is 21.3 Å². The molecular weight excluding hydrogens is 280 g/mol. The molecule has 0 amide bonds. The summed E-state index contributed by atoms with van der Waals surface area (Å²) in [5.41, 5.74) is 0. The lowest BCUT2D eigenvalue weighted by molar-refractivity contribution is 0.198. The molecule has 6 nitrogen and oxygen atoms in total. The highest BCUT2D eigenvalue weighted by Gasteiger charge is 2.17. The molecule has 0 saturated carbocycles. The van der Waals surface area contributed by atoms with Crippen molar-refractivity contribution in [1.82, 2.24) is 10.0 Å². The van der Waals surface area contributed by atoms with Gasteiger partial charge in [0, 0.05) is 26.6 Å². The fourth-order valence-corrected chi connectivity index (χ4v) is 2.40. The van der Waals surface area contributed by atoms with Crippen molar-refractivity contribution in [2.75, 3.05) is 26.8 Å². The van der Waals surface area contributed by atoms with E-state index in [0.29, 0.717) is 31.9 Å². The summed E-state index contributed by atoms with van der Waals surface area (Å²) < 4.78 is 36.4. The highest BCUT2D eigenvalue weighted by atomic mass is 32.2. The van der Waals surface area contributed by atoms with Crippen LogP contribution in [0, 0.1) is 11.8 Å². The summed E-state index contributed by atoms with van der Waals surface area (Å²) in [5, 5.41) is 3.00. The summed E-state index contributed by atoms with van der Waals surface area (Å²) in [6.07, 6.45) is 0.474. The number of furan rings is 1. The number of nitrogens with one attached hydrogen (secondary N) is 2. The van der Waals surface area contributed by atoms with Crippen LogP contribution in [0.5, 0.6) is 0 Å². The Morgan fingerprint density at radius 2 is 2.15 bits per heavy atom. The average molecular weight is 300 g/mol. The van der Waals surface area contributed by atoms with Crippen LogP contribution < -0.4 is 10.0 Å². The van der Waals surface area contributed by atoms with E-state index in [1.807, 2.05) is 0 Å². The Bertz CT molecular complexity index is 554. The van der Waals surface area contributed by atoms with Gasteiger partial charge >= 0.3 is 0 Å². The van der Waals surface area contributed by atoms with Crippen molar-refractivity contribution in [2.24, 2.45) is 0 Å². The van der Waals surface area contributed by atoms with Crippen molar-refractivity contribution in [3.8, 4) is 11.8 Å². The molecule has 2 N–H and O–H groups in total. The van der Waals surface area contributed by atoms with E-state index < -0.39 is 10.0 Å². The Morgan fingerprint density at radius 3 is 2.85 bits per heavy atom. The van der Waals surface area contributed by atoms with E-state index in [1.54, 1.807) is 20.1 Å². The van der Waals surface area contributed by atoms with Gasteiger partial charge in [-0.2, -0.15) is 0 Å². The maximum absolute atomic E-state index is 11.9. The van der Waals surface area contributed by atoms with Crippen LogP contribution in [0.3, 0.4) is 0 Å². The normalized spacial score (nSPS) is 11.1. The van der Waals surface area contributed by atoms with E-state index in [2.05, 4.69) is 21.9 Å². The van der Waals surface area contributed by atoms with E-state index in [9.17, 15) is 8.42 Å². The molecule has 0 radical (unpaired) electrons. The zero-order chi connectivity index (χ0) is 14.8. The molecule has 0 fully saturated rings. The van der Waals surface area contributed by atoms with Gasteiger partial charge in [-0.3, -0.25) is 0 Å². The molecule has 0 bridgehead atoms. The lowest BCUT2D eigenvalue weighted by Gasteiger charge is -2.02. The van der Waals surface area contributed by atoms with E-state index in [-0.39, 0.29) is 11.6 Å². The molecular formula is C13H20N2O4S. The number of methoxy groups -OCH3 is 1. The van der Waals surface area contributed by atoms with Crippen molar-refractivity contribution < 1.29 is 17.6 Å². The van der Waals surface area contributed by atoms with Gasteiger partial charge in [0.1, 0.15) is 5.76 Å². The second-order valence-corrected chi connectivity index (χ2v) is 5.66. The summed E-state index contributed by atoms with van der Waals surface area (Å²) in [6.45, 7) is 3.70. The lowest BCUT2D eigenvalue weighted by Crippen LogP contribution is -2.24. The molecule has 112 valence electrons. The third-order valence-electron chi connectivity index (χ3n) is 2.40. The molecule has 0 aliphatic rings. The molecule has 1 heterocycles. The Labute approximate surface area is 119 Å². The number of ether oxygens (including phenoxy) is 1. The summed E-state index contributed by atoms with van der Waals surface area (Å²) >= 11 is 0. The smallest absolute Gasteiger partial charge is 0.273 e. The quantitative estimate of drug-likeness (QED) is 0.518. The van der Waals surface area contributed by atoms with Gasteiger partial charge in [0.25, 0.3) is 10.0 Å². The van der Waals surface area contributed by atoms with Crippen LogP contribution in [0.1, 0.15) is 19.1 Å². The van der Waals surface area contributed by atoms with Gasteiger partial charge in [-0.05, 0) is 19.1 Å². The first kappa shape index (κ1) is 16.7. The van der Waals surface area contributed by atoms with Gasteiger partial charge in [0.15, 0.2) is 0 Å². The molecule has 0 aromatic carbocycles. The predicted molar refractivity (Wildman–Crippen MR) is 75.5 cm³/mol. The molecule has 0 aliphatic carbocycles. The molecule has 0 atom stereocenters. The number of sulfonamides is 1. The fourth-order valence-electron chi connectivity index (χ4n) is 1.43. The minimum Gasteiger partial charge on any atom is -0.447 e. The molecule has 1 aromatic rings. The zero-order valence-electron chi connectivity index (χ0n) is 11.7.